The summed E-state index contributed by atoms with van der Waals surface area (Å²) in [4.78, 5) is 18.8. The molecule has 84 valence electrons. The van der Waals surface area contributed by atoms with Crippen molar-refractivity contribution in [1.82, 2.24) is 19.7 Å². The molecule has 3 rings (SSSR count). The molecule has 0 spiro atoms. The summed E-state index contributed by atoms with van der Waals surface area (Å²) in [5, 5.41) is 5.02. The molecule has 3 aromatic rings. The van der Waals surface area contributed by atoms with E-state index in [-0.39, 0.29) is 5.56 Å². The van der Waals surface area contributed by atoms with Crippen molar-refractivity contribution in [3.63, 3.8) is 0 Å². The van der Waals surface area contributed by atoms with Gasteiger partial charge in [0.25, 0.3) is 5.56 Å². The minimum atomic E-state index is -0.197. The van der Waals surface area contributed by atoms with Crippen LogP contribution in [0, 0.1) is 0 Å². The number of para-hydroxylation sites is 1. The van der Waals surface area contributed by atoms with E-state index in [2.05, 4.69) is 15.1 Å². The third-order valence-electron chi connectivity index (χ3n) is 2.37. The molecule has 0 aliphatic carbocycles. The van der Waals surface area contributed by atoms with Gasteiger partial charge in [0.1, 0.15) is 0 Å². The molecule has 0 saturated carbocycles. The zero-order chi connectivity index (χ0) is 11.8. The smallest absolute Gasteiger partial charge is 0.260 e. The lowest BCUT2D eigenvalue weighted by Gasteiger charge is -2.01. The van der Waals surface area contributed by atoms with E-state index in [1.54, 1.807) is 24.4 Å². The Kier molecular flexibility index (Phi) is 2.19. The number of nitrogens with zero attached hydrogens (tertiary/aromatic N) is 3. The van der Waals surface area contributed by atoms with Gasteiger partial charge >= 0.3 is 0 Å². The number of rotatable bonds is 1. The summed E-state index contributed by atoms with van der Waals surface area (Å²) in [6.45, 7) is 0. The number of fused-ring (bicyclic) bond motifs is 1. The fourth-order valence-electron chi connectivity index (χ4n) is 1.60. The Morgan fingerprint density at radius 2 is 2.12 bits per heavy atom. The van der Waals surface area contributed by atoms with E-state index in [0.29, 0.717) is 21.9 Å². The maximum Gasteiger partial charge on any atom is 0.260 e. The van der Waals surface area contributed by atoms with Crippen molar-refractivity contribution in [1.29, 1.82) is 0 Å². The van der Waals surface area contributed by atoms with E-state index in [1.807, 2.05) is 6.07 Å². The summed E-state index contributed by atoms with van der Waals surface area (Å²) in [5.74, 6) is 0.348. The molecule has 0 amide bonds. The van der Waals surface area contributed by atoms with Crippen LogP contribution in [0.1, 0.15) is 0 Å². The van der Waals surface area contributed by atoms with Gasteiger partial charge in [-0.15, -0.1) is 0 Å². The summed E-state index contributed by atoms with van der Waals surface area (Å²) < 4.78 is 1.43. The lowest BCUT2D eigenvalue weighted by atomic mass is 10.2. The largest absolute Gasteiger partial charge is 0.290 e. The van der Waals surface area contributed by atoms with Gasteiger partial charge in [-0.3, -0.25) is 9.78 Å². The van der Waals surface area contributed by atoms with Crippen molar-refractivity contribution in [2.75, 3.05) is 0 Å². The highest BCUT2D eigenvalue weighted by molar-refractivity contribution is 6.30. The molecule has 0 atom stereocenters. The summed E-state index contributed by atoms with van der Waals surface area (Å²) in [6, 6.07) is 7.12. The standard InChI is InChI=1S/C11H7ClN4O/c12-7-5-13-16(6-7)11-14-9-4-2-1-3-8(9)10(17)15-11/h1-6H,(H,14,15,17). The SMILES string of the molecule is O=c1[nH]c(-n2cc(Cl)cn2)nc2ccccc12. The van der Waals surface area contributed by atoms with Gasteiger partial charge in [-0.05, 0) is 12.1 Å². The van der Waals surface area contributed by atoms with Gasteiger partial charge in [0.2, 0.25) is 5.95 Å². The van der Waals surface area contributed by atoms with Gasteiger partial charge in [-0.2, -0.15) is 5.10 Å². The van der Waals surface area contributed by atoms with E-state index in [4.69, 9.17) is 11.6 Å². The second kappa shape index (κ2) is 3.71. The van der Waals surface area contributed by atoms with Crippen LogP contribution in [0.4, 0.5) is 0 Å². The maximum atomic E-state index is 11.8. The molecule has 0 saturated heterocycles. The average molecular weight is 247 g/mol. The van der Waals surface area contributed by atoms with Gasteiger partial charge < -0.3 is 0 Å². The number of halogens is 1. The first-order chi connectivity index (χ1) is 8.24. The molecule has 17 heavy (non-hydrogen) atoms. The van der Waals surface area contributed by atoms with Crippen LogP contribution in [0.2, 0.25) is 5.02 Å². The predicted molar refractivity (Wildman–Crippen MR) is 64.5 cm³/mol. The molecule has 0 fully saturated rings. The highest BCUT2D eigenvalue weighted by Crippen LogP contribution is 2.10. The first-order valence-electron chi connectivity index (χ1n) is 4.94. The number of hydrogen-bond acceptors (Lipinski definition) is 3. The molecule has 6 heteroatoms. The van der Waals surface area contributed by atoms with Crippen LogP contribution < -0.4 is 5.56 Å². The summed E-state index contributed by atoms with van der Waals surface area (Å²) in [5.41, 5.74) is 0.426. The van der Waals surface area contributed by atoms with Crippen LogP contribution in [0.25, 0.3) is 16.9 Å². The Morgan fingerprint density at radius 1 is 1.29 bits per heavy atom. The number of aromatic amines is 1. The molecule has 1 N–H and O–H groups in total. The third kappa shape index (κ3) is 1.70. The molecule has 5 nitrogen and oxygen atoms in total. The molecule has 0 radical (unpaired) electrons. The molecular weight excluding hydrogens is 240 g/mol. The van der Waals surface area contributed by atoms with E-state index in [9.17, 15) is 4.79 Å². The van der Waals surface area contributed by atoms with Crippen LogP contribution in [0.3, 0.4) is 0 Å². The lowest BCUT2D eigenvalue weighted by molar-refractivity contribution is 0.810. The minimum absolute atomic E-state index is 0.197. The van der Waals surface area contributed by atoms with Crippen molar-refractivity contribution in [3.8, 4) is 5.95 Å². The zero-order valence-electron chi connectivity index (χ0n) is 8.59. The van der Waals surface area contributed by atoms with Gasteiger partial charge in [0.05, 0.1) is 28.3 Å². The lowest BCUT2D eigenvalue weighted by Crippen LogP contribution is -2.13. The third-order valence-corrected chi connectivity index (χ3v) is 2.56. The molecule has 0 aliphatic heterocycles. The molecule has 1 aromatic carbocycles. The van der Waals surface area contributed by atoms with E-state index >= 15 is 0 Å². The van der Waals surface area contributed by atoms with Gasteiger partial charge in [-0.25, -0.2) is 9.67 Å². The van der Waals surface area contributed by atoms with E-state index in [0.717, 1.165) is 0 Å². The normalized spacial score (nSPS) is 10.9. The Morgan fingerprint density at radius 3 is 2.88 bits per heavy atom. The quantitative estimate of drug-likeness (QED) is 0.712. The van der Waals surface area contributed by atoms with Gasteiger partial charge in [-0.1, -0.05) is 23.7 Å². The average Bonchev–Trinajstić information content (AvgIpc) is 2.76. The van der Waals surface area contributed by atoms with Crippen molar-refractivity contribution in [3.05, 3.63) is 52.0 Å². The van der Waals surface area contributed by atoms with Crippen molar-refractivity contribution >= 4 is 22.5 Å². The second-order valence-electron chi connectivity index (χ2n) is 3.51. The highest BCUT2D eigenvalue weighted by atomic mass is 35.5. The maximum absolute atomic E-state index is 11.8. The Balaban J connectivity index is 2.29. The Bertz CT molecular complexity index is 746. The van der Waals surface area contributed by atoms with Crippen LogP contribution in [-0.2, 0) is 0 Å². The number of aromatic nitrogens is 4. The summed E-state index contributed by atoms with van der Waals surface area (Å²) in [6.07, 6.45) is 3.06. The Labute approximate surface area is 101 Å². The molecule has 0 aliphatic rings. The highest BCUT2D eigenvalue weighted by Gasteiger charge is 2.05. The van der Waals surface area contributed by atoms with Gasteiger partial charge in [0.15, 0.2) is 0 Å². The monoisotopic (exact) mass is 246 g/mol. The van der Waals surface area contributed by atoms with Gasteiger partial charge in [0, 0.05) is 0 Å². The van der Waals surface area contributed by atoms with Crippen LogP contribution in [0.15, 0.2) is 41.5 Å². The van der Waals surface area contributed by atoms with E-state index < -0.39 is 0 Å². The first kappa shape index (κ1) is 10.0. The second-order valence-corrected chi connectivity index (χ2v) is 3.95. The number of H-pyrrole nitrogens is 1. The molecule has 2 heterocycles. The Hall–Kier alpha value is -2.14. The molecule has 2 aromatic heterocycles. The topological polar surface area (TPSA) is 63.6 Å². The van der Waals surface area contributed by atoms with Crippen molar-refractivity contribution in [2.45, 2.75) is 0 Å². The number of benzene rings is 1. The first-order valence-corrected chi connectivity index (χ1v) is 5.31. The van der Waals surface area contributed by atoms with Crippen molar-refractivity contribution < 1.29 is 0 Å². The fourth-order valence-corrected chi connectivity index (χ4v) is 1.74. The van der Waals surface area contributed by atoms with Crippen LogP contribution in [0.5, 0.6) is 0 Å². The number of nitrogens with one attached hydrogen (secondary N) is 1. The van der Waals surface area contributed by atoms with Crippen LogP contribution >= 0.6 is 11.6 Å². The minimum Gasteiger partial charge on any atom is -0.290 e. The predicted octanol–water partition coefficient (Wildman–Crippen LogP) is 1.76. The number of hydrogen-bond donors (Lipinski definition) is 1. The van der Waals surface area contributed by atoms with E-state index in [1.165, 1.54) is 10.9 Å². The summed E-state index contributed by atoms with van der Waals surface area (Å²) in [7, 11) is 0. The summed E-state index contributed by atoms with van der Waals surface area (Å²) >= 11 is 5.77. The van der Waals surface area contributed by atoms with Crippen LogP contribution in [-0.4, -0.2) is 19.7 Å². The molecular formula is C11H7ClN4O. The van der Waals surface area contributed by atoms with Crippen molar-refractivity contribution in [2.24, 2.45) is 0 Å². The fraction of sp³-hybridized carbons (Fsp3) is 0. The molecule has 0 bridgehead atoms. The molecule has 0 unspecified atom stereocenters. The zero-order valence-corrected chi connectivity index (χ0v) is 9.35.